The van der Waals surface area contributed by atoms with Crippen molar-refractivity contribution in [2.24, 2.45) is 11.8 Å². The van der Waals surface area contributed by atoms with Gasteiger partial charge in [0.15, 0.2) is 0 Å². The summed E-state index contributed by atoms with van der Waals surface area (Å²) in [4.78, 5) is 59.7. The van der Waals surface area contributed by atoms with Crippen LogP contribution in [0.2, 0.25) is 0 Å². The largest absolute Gasteiger partial charge is 0.455 e. The Hall–Kier alpha value is -3.06. The molecule has 1 saturated carbocycles. The summed E-state index contributed by atoms with van der Waals surface area (Å²) in [7, 11) is 1.51. The first-order chi connectivity index (χ1) is 22.3. The molecule has 11 nitrogen and oxygen atoms in total. The van der Waals surface area contributed by atoms with Crippen molar-refractivity contribution < 1.29 is 38.5 Å². The van der Waals surface area contributed by atoms with Crippen LogP contribution in [0.3, 0.4) is 0 Å². The highest BCUT2D eigenvalue weighted by Gasteiger charge is 2.75. The van der Waals surface area contributed by atoms with Gasteiger partial charge in [0.05, 0.1) is 25.2 Å². The summed E-state index contributed by atoms with van der Waals surface area (Å²) in [6.07, 6.45) is 9.27. The van der Waals surface area contributed by atoms with Crippen LogP contribution >= 0.6 is 15.9 Å². The molecule has 5 bridgehead atoms. The van der Waals surface area contributed by atoms with E-state index in [1.54, 1.807) is 6.08 Å². The van der Waals surface area contributed by atoms with E-state index in [-0.39, 0.29) is 44.0 Å². The second kappa shape index (κ2) is 14.0. The maximum Gasteiger partial charge on any atom is 0.313 e. The average molecular weight is 701 g/mol. The molecule has 1 spiro atoms. The molecule has 4 aliphatic heterocycles. The standard InChI is InChI=1S/C34H42BrN3O8/c1-44-20-24-28(21-11-5-2-6-12-21)45-33(43)26-27-31(41)38(17-18-39)30(34(27)19-23(35)29(26)46-34)32(42)37(22-13-7-3-8-14-22)16-10-4-9-15-25(40)36-24/h2,4-6,10-12,19,22,24,26-30,39H,3,7-9,13-18,20H2,1H3,(H,36,40)/b10-4-/t24-,26+,27-,28-,29+,30+,34-/m0/s1. The maximum atomic E-state index is 14.7. The Morgan fingerprint density at radius 1 is 1.04 bits per heavy atom. The highest BCUT2D eigenvalue weighted by Crippen LogP contribution is 2.59. The molecule has 1 aromatic carbocycles. The lowest BCUT2D eigenvalue weighted by Gasteiger charge is -2.40. The minimum absolute atomic E-state index is 0.0222. The normalized spacial score (nSPS) is 34.7. The number of nitrogens with one attached hydrogen (secondary N) is 1. The Morgan fingerprint density at radius 2 is 1.80 bits per heavy atom. The molecule has 5 aliphatic rings. The molecule has 2 saturated heterocycles. The lowest BCUT2D eigenvalue weighted by Crippen LogP contribution is -2.58. The van der Waals surface area contributed by atoms with Gasteiger partial charge < -0.3 is 34.4 Å². The third kappa shape index (κ3) is 5.93. The number of carbonyl (C=O) groups is 4. The van der Waals surface area contributed by atoms with E-state index >= 15 is 0 Å². The van der Waals surface area contributed by atoms with E-state index in [4.69, 9.17) is 14.2 Å². The van der Waals surface area contributed by atoms with Crippen molar-refractivity contribution in [2.75, 3.05) is 33.4 Å². The van der Waals surface area contributed by atoms with Crippen LogP contribution in [0.5, 0.6) is 0 Å². The maximum absolute atomic E-state index is 14.7. The second-order valence-corrected chi connectivity index (χ2v) is 13.7. The number of benzene rings is 1. The topological polar surface area (TPSA) is 135 Å². The molecule has 12 heteroatoms. The summed E-state index contributed by atoms with van der Waals surface area (Å²) >= 11 is 3.59. The van der Waals surface area contributed by atoms with Crippen molar-refractivity contribution in [2.45, 2.75) is 80.9 Å². The quantitative estimate of drug-likeness (QED) is 0.342. The number of esters is 1. The number of methoxy groups -OCH3 is 1. The SMILES string of the molecule is COC[C@@H]1NC(=O)CC/C=C\CN(C2CCCCC2)C(=O)[C@H]2N(CCO)C(=O)[C@@H]3[C@@H](C(=O)O[C@H]1c1ccccc1)[C@@H]1O[C@@]32C=C1Br. The molecule has 2 N–H and O–H groups in total. The number of aliphatic hydroxyl groups excluding tert-OH is 1. The fraction of sp³-hybridized carbons (Fsp3) is 0.588. The first kappa shape index (κ1) is 32.9. The van der Waals surface area contributed by atoms with E-state index in [2.05, 4.69) is 21.2 Å². The minimum Gasteiger partial charge on any atom is -0.455 e. The van der Waals surface area contributed by atoms with E-state index < -0.39 is 53.6 Å². The molecule has 0 aromatic heterocycles. The van der Waals surface area contributed by atoms with E-state index in [0.717, 1.165) is 32.1 Å². The highest BCUT2D eigenvalue weighted by atomic mass is 79.9. The third-order valence-corrected chi connectivity index (χ3v) is 10.7. The van der Waals surface area contributed by atoms with Crippen LogP contribution in [-0.2, 0) is 33.4 Å². The van der Waals surface area contributed by atoms with E-state index in [1.807, 2.05) is 47.4 Å². The number of hydrogen-bond acceptors (Lipinski definition) is 8. The Bertz CT molecular complexity index is 1380. The number of allylic oxidation sites excluding steroid dienone is 1. The Morgan fingerprint density at radius 3 is 2.52 bits per heavy atom. The molecular formula is C34H42BrN3O8. The summed E-state index contributed by atoms with van der Waals surface area (Å²) < 4.78 is 18.9. The molecule has 1 aromatic rings. The number of amides is 3. The summed E-state index contributed by atoms with van der Waals surface area (Å²) in [6.45, 7) is -0.0327. The van der Waals surface area contributed by atoms with Gasteiger partial charge in [0.25, 0.3) is 0 Å². The molecule has 0 unspecified atom stereocenters. The van der Waals surface area contributed by atoms with Gasteiger partial charge >= 0.3 is 5.97 Å². The van der Waals surface area contributed by atoms with Gasteiger partial charge in [-0.15, -0.1) is 0 Å². The number of halogens is 1. The molecular weight excluding hydrogens is 658 g/mol. The van der Waals surface area contributed by atoms with Crippen LogP contribution in [-0.4, -0.2) is 102 Å². The van der Waals surface area contributed by atoms with Gasteiger partial charge in [0.1, 0.15) is 29.8 Å². The molecule has 3 amide bonds. The molecule has 46 heavy (non-hydrogen) atoms. The summed E-state index contributed by atoms with van der Waals surface area (Å²) in [5, 5.41) is 13.0. The van der Waals surface area contributed by atoms with Gasteiger partial charge in [0, 0.05) is 37.1 Å². The smallest absolute Gasteiger partial charge is 0.313 e. The molecule has 0 radical (unpaired) electrons. The van der Waals surface area contributed by atoms with Crippen LogP contribution in [0.1, 0.15) is 56.6 Å². The van der Waals surface area contributed by atoms with Gasteiger partial charge in [-0.05, 0) is 30.9 Å². The molecule has 248 valence electrons. The second-order valence-electron chi connectivity index (χ2n) is 12.8. The fourth-order valence-electron chi connectivity index (χ4n) is 8.00. The number of nitrogens with zero attached hydrogens (tertiary/aromatic N) is 2. The number of rotatable bonds is 6. The predicted molar refractivity (Wildman–Crippen MR) is 170 cm³/mol. The number of hydrogen-bond donors (Lipinski definition) is 2. The number of fused-ring (bicyclic) bond motifs is 2. The first-order valence-electron chi connectivity index (χ1n) is 16.3. The number of ether oxygens (including phenoxy) is 3. The molecule has 6 rings (SSSR count). The van der Waals surface area contributed by atoms with Crippen LogP contribution in [0.4, 0.5) is 0 Å². The molecule has 1 aliphatic carbocycles. The van der Waals surface area contributed by atoms with Crippen molar-refractivity contribution in [3.05, 3.63) is 58.6 Å². The number of carbonyl (C=O) groups excluding carboxylic acids is 4. The van der Waals surface area contributed by atoms with Crippen LogP contribution < -0.4 is 5.32 Å². The number of likely N-dealkylation sites (tertiary alicyclic amines) is 1. The first-order valence-corrected chi connectivity index (χ1v) is 17.1. The van der Waals surface area contributed by atoms with E-state index in [1.165, 1.54) is 12.0 Å². The van der Waals surface area contributed by atoms with Crippen molar-refractivity contribution >= 4 is 39.6 Å². The van der Waals surface area contributed by atoms with Gasteiger partial charge in [-0.25, -0.2) is 0 Å². The summed E-state index contributed by atoms with van der Waals surface area (Å²) in [5.41, 5.74) is -0.760. The van der Waals surface area contributed by atoms with Gasteiger partial charge in [0.2, 0.25) is 17.7 Å². The fourth-order valence-corrected chi connectivity index (χ4v) is 8.73. The van der Waals surface area contributed by atoms with Crippen molar-refractivity contribution in [3.63, 3.8) is 0 Å². The minimum atomic E-state index is -1.41. The van der Waals surface area contributed by atoms with Gasteiger partial charge in [-0.3, -0.25) is 19.2 Å². The summed E-state index contributed by atoms with van der Waals surface area (Å²) in [6, 6.07) is 7.31. The predicted octanol–water partition coefficient (Wildman–Crippen LogP) is 2.78. The molecule has 7 atom stereocenters. The monoisotopic (exact) mass is 699 g/mol. The lowest BCUT2D eigenvalue weighted by atomic mass is 9.74. The Balaban J connectivity index is 1.44. The number of aliphatic hydroxyl groups is 1. The highest BCUT2D eigenvalue weighted by molar-refractivity contribution is 9.11. The lowest BCUT2D eigenvalue weighted by molar-refractivity contribution is -0.162. The Kier molecular flexibility index (Phi) is 9.98. The van der Waals surface area contributed by atoms with Crippen LogP contribution in [0.15, 0.2) is 53.0 Å². The van der Waals surface area contributed by atoms with Crippen molar-refractivity contribution in [1.29, 1.82) is 0 Å². The van der Waals surface area contributed by atoms with Gasteiger partial charge in [-0.2, -0.15) is 0 Å². The summed E-state index contributed by atoms with van der Waals surface area (Å²) in [5.74, 6) is -3.68. The van der Waals surface area contributed by atoms with Crippen LogP contribution in [0.25, 0.3) is 0 Å². The van der Waals surface area contributed by atoms with E-state index in [9.17, 15) is 24.3 Å². The zero-order valence-corrected chi connectivity index (χ0v) is 27.6. The molecule has 4 heterocycles. The average Bonchev–Trinajstić information content (AvgIpc) is 3.65. The third-order valence-electron chi connectivity index (χ3n) is 10.0. The van der Waals surface area contributed by atoms with Crippen molar-refractivity contribution in [3.8, 4) is 0 Å². The molecule has 3 fully saturated rings. The zero-order valence-electron chi connectivity index (χ0n) is 26.0. The Labute approximate surface area is 277 Å². The zero-order chi connectivity index (χ0) is 32.4. The van der Waals surface area contributed by atoms with E-state index in [0.29, 0.717) is 23.0 Å². The van der Waals surface area contributed by atoms with Crippen molar-refractivity contribution in [1.82, 2.24) is 15.1 Å². The number of cyclic esters (lactones) is 1. The number of β-amino-alcohol motifs (C(OH)–C–C–N with tert-alkyl or cyclic N) is 1. The van der Waals surface area contributed by atoms with Gasteiger partial charge in [-0.1, -0.05) is 77.7 Å². The van der Waals surface area contributed by atoms with Crippen LogP contribution in [0, 0.1) is 11.8 Å².